The zero-order valence-corrected chi connectivity index (χ0v) is 14.3. The van der Waals surface area contributed by atoms with Gasteiger partial charge in [-0.3, -0.25) is 9.59 Å². The molecular weight excluding hydrogens is 316 g/mol. The average molecular weight is 340 g/mol. The second-order valence-electron chi connectivity index (χ2n) is 6.52. The fourth-order valence-electron chi connectivity index (χ4n) is 3.31. The summed E-state index contributed by atoms with van der Waals surface area (Å²) in [6.07, 6.45) is 6.77. The minimum atomic E-state index is -0.193. The number of rotatable bonds is 6. The standard InChI is InChI=1S/C20H24N2O3/c23-19(21-17-10-5-2-6-11-17)15-22(14-18-12-7-13-25-18)20(24)16-8-3-1-4-9-16/h2,5-7,10-13,16H,1,3-4,8-9,14-15H2,(H,21,23). The van der Waals surface area contributed by atoms with Gasteiger partial charge in [0, 0.05) is 11.6 Å². The van der Waals surface area contributed by atoms with Crippen molar-refractivity contribution >= 4 is 17.5 Å². The summed E-state index contributed by atoms with van der Waals surface area (Å²) in [5, 5.41) is 2.85. The highest BCUT2D eigenvalue weighted by Crippen LogP contribution is 2.26. The summed E-state index contributed by atoms with van der Waals surface area (Å²) in [7, 11) is 0. The summed E-state index contributed by atoms with van der Waals surface area (Å²) in [4.78, 5) is 26.9. The minimum Gasteiger partial charge on any atom is -0.467 e. The lowest BCUT2D eigenvalue weighted by atomic mass is 9.88. The van der Waals surface area contributed by atoms with E-state index in [1.807, 2.05) is 36.4 Å². The fourth-order valence-corrected chi connectivity index (χ4v) is 3.31. The molecule has 1 saturated carbocycles. The van der Waals surface area contributed by atoms with Gasteiger partial charge in [0.05, 0.1) is 12.8 Å². The Morgan fingerprint density at radius 2 is 1.80 bits per heavy atom. The summed E-state index contributed by atoms with van der Waals surface area (Å²) in [5.74, 6) is 0.575. The molecule has 0 unspecified atom stereocenters. The minimum absolute atomic E-state index is 0.0215. The monoisotopic (exact) mass is 340 g/mol. The predicted molar refractivity (Wildman–Crippen MR) is 95.8 cm³/mol. The molecule has 1 aromatic heterocycles. The molecule has 5 heteroatoms. The number of nitrogens with zero attached hydrogens (tertiary/aromatic N) is 1. The zero-order valence-electron chi connectivity index (χ0n) is 14.3. The quantitative estimate of drug-likeness (QED) is 0.869. The smallest absolute Gasteiger partial charge is 0.244 e. The van der Waals surface area contributed by atoms with E-state index < -0.39 is 0 Å². The van der Waals surface area contributed by atoms with Gasteiger partial charge in [0.2, 0.25) is 11.8 Å². The van der Waals surface area contributed by atoms with Crippen molar-refractivity contribution in [2.24, 2.45) is 5.92 Å². The lowest BCUT2D eigenvalue weighted by Crippen LogP contribution is -2.41. The van der Waals surface area contributed by atoms with Crippen LogP contribution in [0.2, 0.25) is 0 Å². The van der Waals surface area contributed by atoms with Gasteiger partial charge in [-0.1, -0.05) is 37.5 Å². The van der Waals surface area contributed by atoms with Crippen molar-refractivity contribution in [2.75, 3.05) is 11.9 Å². The van der Waals surface area contributed by atoms with Gasteiger partial charge in [-0.2, -0.15) is 0 Å². The first-order valence-electron chi connectivity index (χ1n) is 8.88. The van der Waals surface area contributed by atoms with Crippen LogP contribution in [-0.4, -0.2) is 23.3 Å². The number of para-hydroxylation sites is 1. The highest BCUT2D eigenvalue weighted by molar-refractivity contribution is 5.94. The van der Waals surface area contributed by atoms with Gasteiger partial charge >= 0.3 is 0 Å². The van der Waals surface area contributed by atoms with Crippen LogP contribution in [0.5, 0.6) is 0 Å². The molecule has 0 saturated heterocycles. The van der Waals surface area contributed by atoms with E-state index in [-0.39, 0.29) is 24.3 Å². The van der Waals surface area contributed by atoms with Crippen LogP contribution < -0.4 is 5.32 Å². The molecule has 1 N–H and O–H groups in total. The Balaban J connectivity index is 1.66. The number of benzene rings is 1. The third-order valence-corrected chi connectivity index (χ3v) is 4.58. The molecule has 5 nitrogen and oxygen atoms in total. The van der Waals surface area contributed by atoms with Gasteiger partial charge in [0.25, 0.3) is 0 Å². The van der Waals surface area contributed by atoms with Gasteiger partial charge in [-0.05, 0) is 37.1 Å². The Bertz CT molecular complexity index is 676. The Morgan fingerprint density at radius 3 is 2.48 bits per heavy atom. The Morgan fingerprint density at radius 1 is 1.04 bits per heavy atom. The lowest BCUT2D eigenvalue weighted by Gasteiger charge is -2.28. The second-order valence-corrected chi connectivity index (χ2v) is 6.52. The number of carbonyl (C=O) groups is 2. The third kappa shape index (κ3) is 4.95. The molecule has 25 heavy (non-hydrogen) atoms. The van der Waals surface area contributed by atoms with E-state index in [1.165, 1.54) is 6.42 Å². The van der Waals surface area contributed by atoms with Gasteiger partial charge in [-0.25, -0.2) is 0 Å². The Kier molecular flexibility index (Phi) is 5.88. The Hall–Kier alpha value is -2.56. The van der Waals surface area contributed by atoms with Crippen molar-refractivity contribution in [1.29, 1.82) is 0 Å². The van der Waals surface area contributed by atoms with Crippen molar-refractivity contribution in [3.63, 3.8) is 0 Å². The van der Waals surface area contributed by atoms with Crippen LogP contribution in [0, 0.1) is 5.92 Å². The molecule has 0 bridgehead atoms. The average Bonchev–Trinajstić information content (AvgIpc) is 3.15. The molecule has 1 fully saturated rings. The molecule has 0 radical (unpaired) electrons. The van der Waals surface area contributed by atoms with Crippen molar-refractivity contribution in [2.45, 2.75) is 38.6 Å². The Labute approximate surface area is 148 Å². The fraction of sp³-hybridized carbons (Fsp3) is 0.400. The van der Waals surface area contributed by atoms with Gasteiger partial charge in [-0.15, -0.1) is 0 Å². The first-order chi connectivity index (χ1) is 12.2. The number of hydrogen-bond acceptors (Lipinski definition) is 3. The third-order valence-electron chi connectivity index (χ3n) is 4.58. The van der Waals surface area contributed by atoms with E-state index in [1.54, 1.807) is 17.2 Å². The molecule has 1 aliphatic rings. The number of furan rings is 1. The molecule has 0 atom stereocenters. The van der Waals surface area contributed by atoms with Crippen molar-refractivity contribution in [3.8, 4) is 0 Å². The number of amides is 2. The predicted octanol–water partition coefficient (Wildman–Crippen LogP) is 3.83. The maximum atomic E-state index is 12.9. The molecule has 132 valence electrons. The van der Waals surface area contributed by atoms with Crippen LogP contribution in [0.4, 0.5) is 5.69 Å². The normalized spacial score (nSPS) is 14.9. The largest absolute Gasteiger partial charge is 0.467 e. The molecular formula is C20H24N2O3. The van der Waals surface area contributed by atoms with E-state index in [4.69, 9.17) is 4.42 Å². The molecule has 1 heterocycles. The summed E-state index contributed by atoms with van der Waals surface area (Å²) >= 11 is 0. The summed E-state index contributed by atoms with van der Waals surface area (Å²) in [6, 6.07) is 12.9. The molecule has 2 aromatic rings. The van der Waals surface area contributed by atoms with Crippen LogP contribution in [0.15, 0.2) is 53.1 Å². The van der Waals surface area contributed by atoms with E-state index in [0.29, 0.717) is 12.3 Å². The maximum absolute atomic E-state index is 12.9. The van der Waals surface area contributed by atoms with Crippen molar-refractivity contribution in [1.82, 2.24) is 4.90 Å². The number of nitrogens with one attached hydrogen (secondary N) is 1. The molecule has 3 rings (SSSR count). The highest BCUT2D eigenvalue weighted by atomic mass is 16.3. The molecule has 1 aliphatic carbocycles. The second kappa shape index (κ2) is 8.51. The van der Waals surface area contributed by atoms with Gasteiger partial charge < -0.3 is 14.6 Å². The molecule has 2 amide bonds. The SMILES string of the molecule is O=C(CN(Cc1ccco1)C(=O)C1CCCCC1)Nc1ccccc1. The van der Waals surface area contributed by atoms with E-state index in [0.717, 1.165) is 31.4 Å². The first kappa shape index (κ1) is 17.3. The van der Waals surface area contributed by atoms with Crippen LogP contribution in [0.1, 0.15) is 37.9 Å². The van der Waals surface area contributed by atoms with Crippen molar-refractivity contribution in [3.05, 3.63) is 54.5 Å². The number of anilines is 1. The van der Waals surface area contributed by atoms with Gasteiger partial charge in [0.15, 0.2) is 0 Å². The number of carbonyl (C=O) groups excluding carboxylic acids is 2. The summed E-state index contributed by atoms with van der Waals surface area (Å²) < 4.78 is 5.38. The van der Waals surface area contributed by atoms with Gasteiger partial charge in [0.1, 0.15) is 12.3 Å². The van der Waals surface area contributed by atoms with E-state index >= 15 is 0 Å². The molecule has 1 aromatic carbocycles. The first-order valence-corrected chi connectivity index (χ1v) is 8.88. The number of hydrogen-bond donors (Lipinski definition) is 1. The molecule has 0 spiro atoms. The maximum Gasteiger partial charge on any atom is 0.244 e. The highest BCUT2D eigenvalue weighted by Gasteiger charge is 2.27. The van der Waals surface area contributed by atoms with Crippen LogP contribution >= 0.6 is 0 Å². The van der Waals surface area contributed by atoms with Crippen LogP contribution in [0.3, 0.4) is 0 Å². The van der Waals surface area contributed by atoms with E-state index in [9.17, 15) is 9.59 Å². The summed E-state index contributed by atoms with van der Waals surface area (Å²) in [5.41, 5.74) is 0.732. The van der Waals surface area contributed by atoms with Crippen LogP contribution in [0.25, 0.3) is 0 Å². The summed E-state index contributed by atoms with van der Waals surface area (Å²) in [6.45, 7) is 0.357. The van der Waals surface area contributed by atoms with Crippen LogP contribution in [-0.2, 0) is 16.1 Å². The zero-order chi connectivity index (χ0) is 17.5. The van der Waals surface area contributed by atoms with E-state index in [2.05, 4.69) is 5.32 Å². The van der Waals surface area contributed by atoms with Crippen molar-refractivity contribution < 1.29 is 14.0 Å². The lowest BCUT2D eigenvalue weighted by molar-refractivity contribution is -0.140. The molecule has 0 aliphatic heterocycles. The topological polar surface area (TPSA) is 62.6 Å².